The monoisotopic (exact) mass is 357 g/mol. The first kappa shape index (κ1) is 17.1. The van der Waals surface area contributed by atoms with Crippen molar-refractivity contribution in [1.29, 1.82) is 0 Å². The molecule has 0 bridgehead atoms. The van der Waals surface area contributed by atoms with Crippen LogP contribution in [0.5, 0.6) is 0 Å². The Morgan fingerprint density at radius 2 is 2.15 bits per heavy atom. The molecular formula is C18H23N5O3. The number of rotatable bonds is 6. The van der Waals surface area contributed by atoms with E-state index in [0.29, 0.717) is 30.5 Å². The number of hydrogen-bond donors (Lipinski definition) is 1. The predicted octanol–water partition coefficient (Wildman–Crippen LogP) is 1.37. The Balaban J connectivity index is 1.40. The van der Waals surface area contributed by atoms with E-state index in [1.807, 2.05) is 0 Å². The van der Waals surface area contributed by atoms with Crippen LogP contribution in [0.3, 0.4) is 0 Å². The maximum Gasteiger partial charge on any atom is 0.251 e. The zero-order valence-corrected chi connectivity index (χ0v) is 14.6. The van der Waals surface area contributed by atoms with Crippen molar-refractivity contribution in [2.24, 2.45) is 5.92 Å². The molecule has 2 atom stereocenters. The second kappa shape index (κ2) is 7.92. The Morgan fingerprint density at radius 1 is 1.31 bits per heavy atom. The Morgan fingerprint density at radius 3 is 2.92 bits per heavy atom. The fraction of sp³-hybridized carbons (Fsp3) is 0.556. The van der Waals surface area contributed by atoms with Gasteiger partial charge in [0.2, 0.25) is 0 Å². The van der Waals surface area contributed by atoms with Gasteiger partial charge in [-0.25, -0.2) is 4.98 Å². The number of nitrogens with zero attached hydrogens (tertiary/aromatic N) is 4. The van der Waals surface area contributed by atoms with Crippen LogP contribution < -0.4 is 5.32 Å². The zero-order chi connectivity index (χ0) is 17.8. The molecule has 8 heteroatoms. The lowest BCUT2D eigenvalue weighted by molar-refractivity contribution is -0.0819. The summed E-state index contributed by atoms with van der Waals surface area (Å²) in [7, 11) is 0. The van der Waals surface area contributed by atoms with Gasteiger partial charge in [-0.1, -0.05) is 6.42 Å². The third-order valence-corrected chi connectivity index (χ3v) is 5.08. The van der Waals surface area contributed by atoms with Gasteiger partial charge in [-0.2, -0.15) is 0 Å². The molecule has 0 spiro atoms. The molecule has 138 valence electrons. The average Bonchev–Trinajstić information content (AvgIpc) is 3.16. The van der Waals surface area contributed by atoms with Gasteiger partial charge in [0.05, 0.1) is 12.6 Å². The van der Waals surface area contributed by atoms with Crippen molar-refractivity contribution < 1.29 is 14.3 Å². The second-order valence-electron chi connectivity index (χ2n) is 6.88. The van der Waals surface area contributed by atoms with Crippen LogP contribution in [0.4, 0.5) is 0 Å². The highest BCUT2D eigenvalue weighted by Gasteiger charge is 2.30. The van der Waals surface area contributed by atoms with E-state index >= 15 is 0 Å². The number of aromatic nitrogens is 4. The van der Waals surface area contributed by atoms with Crippen LogP contribution in [-0.2, 0) is 9.47 Å². The summed E-state index contributed by atoms with van der Waals surface area (Å²) in [6, 6.07) is 3.39. The largest absolute Gasteiger partial charge is 0.379 e. The molecule has 1 saturated carbocycles. The third-order valence-electron chi connectivity index (χ3n) is 5.08. The number of hydrogen-bond acceptors (Lipinski definition) is 6. The van der Waals surface area contributed by atoms with Gasteiger partial charge in [0.1, 0.15) is 24.6 Å². The zero-order valence-electron chi connectivity index (χ0n) is 14.6. The van der Waals surface area contributed by atoms with Crippen molar-refractivity contribution in [3.8, 4) is 5.82 Å². The van der Waals surface area contributed by atoms with E-state index in [2.05, 4.69) is 20.5 Å². The maximum atomic E-state index is 12.7. The number of ether oxygens (including phenoxy) is 2. The highest BCUT2D eigenvalue weighted by Crippen LogP contribution is 2.27. The topological polar surface area (TPSA) is 91.2 Å². The van der Waals surface area contributed by atoms with E-state index in [9.17, 15) is 4.79 Å². The van der Waals surface area contributed by atoms with Crippen LogP contribution in [-0.4, -0.2) is 57.6 Å². The predicted molar refractivity (Wildman–Crippen MR) is 92.9 cm³/mol. The molecule has 1 amide bonds. The Kier molecular flexibility index (Phi) is 5.21. The Bertz CT molecular complexity index is 732. The minimum atomic E-state index is -0.133. The van der Waals surface area contributed by atoms with E-state index in [4.69, 9.17) is 9.47 Å². The quantitative estimate of drug-likeness (QED) is 0.839. The molecule has 1 aliphatic carbocycles. The lowest BCUT2D eigenvalue weighted by Gasteiger charge is -2.34. The lowest BCUT2D eigenvalue weighted by Crippen LogP contribution is -2.50. The fourth-order valence-electron chi connectivity index (χ4n) is 3.23. The van der Waals surface area contributed by atoms with Crippen LogP contribution >= 0.6 is 0 Å². The van der Waals surface area contributed by atoms with E-state index < -0.39 is 0 Å². The second-order valence-corrected chi connectivity index (χ2v) is 6.88. The van der Waals surface area contributed by atoms with Crippen molar-refractivity contribution >= 4 is 5.91 Å². The summed E-state index contributed by atoms with van der Waals surface area (Å²) in [5, 5.41) is 10.6. The van der Waals surface area contributed by atoms with Crippen LogP contribution in [0.25, 0.3) is 5.82 Å². The normalized spacial score (nSPS) is 23.4. The van der Waals surface area contributed by atoms with E-state index in [0.717, 1.165) is 13.0 Å². The summed E-state index contributed by atoms with van der Waals surface area (Å²) in [5.41, 5.74) is 0.549. The molecule has 0 aromatic carbocycles. The van der Waals surface area contributed by atoms with E-state index in [-0.39, 0.29) is 18.1 Å². The fourth-order valence-corrected chi connectivity index (χ4v) is 3.23. The van der Waals surface area contributed by atoms with Gasteiger partial charge in [-0.05, 0) is 37.3 Å². The smallest absolute Gasteiger partial charge is 0.251 e. The Hall–Kier alpha value is -2.32. The molecule has 0 unspecified atom stereocenters. The van der Waals surface area contributed by atoms with Gasteiger partial charge in [-0.3, -0.25) is 9.36 Å². The molecule has 1 aliphatic heterocycles. The highest BCUT2D eigenvalue weighted by atomic mass is 16.5. The van der Waals surface area contributed by atoms with Crippen molar-refractivity contribution in [2.45, 2.75) is 37.8 Å². The molecule has 3 heterocycles. The SMILES string of the molecule is O=C(N[C@@H]1CCOC[C@H]1OCC1CCC1)c1ccnc(-n2cnnc2)c1. The highest BCUT2D eigenvalue weighted by molar-refractivity contribution is 5.94. The van der Waals surface area contributed by atoms with Crippen molar-refractivity contribution in [3.05, 3.63) is 36.5 Å². The minimum Gasteiger partial charge on any atom is -0.379 e. The first-order chi connectivity index (χ1) is 12.8. The number of pyridine rings is 1. The van der Waals surface area contributed by atoms with Gasteiger partial charge in [-0.15, -0.1) is 10.2 Å². The van der Waals surface area contributed by atoms with Crippen LogP contribution in [0.15, 0.2) is 31.0 Å². The van der Waals surface area contributed by atoms with Gasteiger partial charge < -0.3 is 14.8 Å². The van der Waals surface area contributed by atoms with E-state index in [1.54, 1.807) is 35.6 Å². The summed E-state index contributed by atoms with van der Waals surface area (Å²) < 4.78 is 13.3. The van der Waals surface area contributed by atoms with Gasteiger partial charge in [0, 0.05) is 25.0 Å². The molecule has 0 radical (unpaired) electrons. The minimum absolute atomic E-state index is 0.0390. The molecule has 26 heavy (non-hydrogen) atoms. The van der Waals surface area contributed by atoms with E-state index in [1.165, 1.54) is 19.3 Å². The molecule has 1 saturated heterocycles. The first-order valence-corrected chi connectivity index (χ1v) is 9.11. The molecule has 2 aliphatic rings. The van der Waals surface area contributed by atoms with Crippen molar-refractivity contribution in [3.63, 3.8) is 0 Å². The summed E-state index contributed by atoms with van der Waals surface area (Å²) in [6.45, 7) is 1.92. The lowest BCUT2D eigenvalue weighted by atomic mass is 9.86. The molecule has 4 rings (SSSR count). The number of carbonyl (C=O) groups is 1. The molecular weight excluding hydrogens is 334 g/mol. The summed E-state index contributed by atoms with van der Waals surface area (Å²) in [6.07, 6.45) is 9.16. The van der Waals surface area contributed by atoms with Gasteiger partial charge >= 0.3 is 0 Å². The molecule has 8 nitrogen and oxygen atoms in total. The van der Waals surface area contributed by atoms with Crippen molar-refractivity contribution in [1.82, 2.24) is 25.1 Å². The number of amides is 1. The standard InChI is InChI=1S/C18H23N5O3/c24-18(14-4-6-19-17(8-14)23-11-20-21-12-23)22-15-5-7-25-10-16(15)26-9-13-2-1-3-13/h4,6,8,11-13,15-16H,1-3,5,7,9-10H2,(H,22,24)/t15-,16-/m1/s1. The number of nitrogens with one attached hydrogen (secondary N) is 1. The van der Waals surface area contributed by atoms with Crippen LogP contribution in [0.2, 0.25) is 0 Å². The van der Waals surface area contributed by atoms with Crippen LogP contribution in [0.1, 0.15) is 36.0 Å². The average molecular weight is 357 g/mol. The third kappa shape index (κ3) is 3.91. The molecule has 1 N–H and O–H groups in total. The number of carbonyl (C=O) groups excluding carboxylic acids is 1. The van der Waals surface area contributed by atoms with Crippen molar-refractivity contribution in [2.75, 3.05) is 19.8 Å². The summed E-state index contributed by atoms with van der Waals surface area (Å²) in [4.78, 5) is 17.0. The molecule has 2 fully saturated rings. The van der Waals surface area contributed by atoms with Gasteiger partial charge in [0.15, 0.2) is 0 Å². The summed E-state index contributed by atoms with van der Waals surface area (Å²) >= 11 is 0. The van der Waals surface area contributed by atoms with Crippen LogP contribution in [0, 0.1) is 5.92 Å². The van der Waals surface area contributed by atoms with Gasteiger partial charge in [0.25, 0.3) is 5.91 Å². The Labute approximate surface area is 151 Å². The maximum absolute atomic E-state index is 12.7. The summed E-state index contributed by atoms with van der Waals surface area (Å²) in [5.74, 6) is 1.14. The molecule has 2 aromatic rings. The molecule has 2 aromatic heterocycles. The first-order valence-electron chi connectivity index (χ1n) is 9.11.